The van der Waals surface area contributed by atoms with Gasteiger partial charge in [-0.05, 0) is 42.0 Å². The number of methoxy groups -OCH3 is 1. The number of phenols is 1. The number of esters is 1. The van der Waals surface area contributed by atoms with Crippen molar-refractivity contribution >= 4 is 23.7 Å². The Morgan fingerprint density at radius 3 is 2.14 bits per heavy atom. The Balaban J connectivity index is 1.64. The van der Waals surface area contributed by atoms with E-state index in [-0.39, 0.29) is 31.1 Å². The second-order valence-corrected chi connectivity index (χ2v) is 11.3. The lowest BCUT2D eigenvalue weighted by Crippen LogP contribution is -2.55. The molecule has 7 atom stereocenters. The van der Waals surface area contributed by atoms with Crippen LogP contribution in [0.3, 0.4) is 0 Å². The van der Waals surface area contributed by atoms with E-state index >= 15 is 0 Å². The van der Waals surface area contributed by atoms with Crippen LogP contribution in [0.15, 0.2) is 54.6 Å². The first-order chi connectivity index (χ1) is 20.9. The number of benzene rings is 2. The SMILES string of the molecule is COC(=O)[C@H](CC(C)C)NC(=O)[C@H](Cc1ccccc1)NC(=O)[C@@H]1O[C@H](CNC(=O)[C@@H](N)Cc2ccc(O)cc2)[C@@H](O)[C@@H]1O. The Kier molecular flexibility index (Phi) is 12.6. The summed E-state index contributed by atoms with van der Waals surface area (Å²) in [5.41, 5.74) is 7.44. The number of carbonyl (C=O) groups excluding carboxylic acids is 4. The van der Waals surface area contributed by atoms with E-state index in [4.69, 9.17) is 15.2 Å². The summed E-state index contributed by atoms with van der Waals surface area (Å²) >= 11 is 0. The molecule has 44 heavy (non-hydrogen) atoms. The number of nitrogens with two attached hydrogens (primary N) is 1. The van der Waals surface area contributed by atoms with Gasteiger partial charge in [0.15, 0.2) is 6.10 Å². The zero-order valence-corrected chi connectivity index (χ0v) is 25.0. The molecule has 240 valence electrons. The first-order valence-electron chi connectivity index (χ1n) is 14.4. The van der Waals surface area contributed by atoms with Gasteiger partial charge in [0.1, 0.15) is 36.1 Å². The number of aromatic hydroxyl groups is 1. The Hall–Kier alpha value is -4.04. The summed E-state index contributed by atoms with van der Waals surface area (Å²) in [5, 5.41) is 38.4. The van der Waals surface area contributed by atoms with Crippen LogP contribution in [0.1, 0.15) is 31.4 Å². The smallest absolute Gasteiger partial charge is 0.328 e. The molecule has 1 aliphatic heterocycles. The summed E-state index contributed by atoms with van der Waals surface area (Å²) in [7, 11) is 1.22. The number of nitrogens with one attached hydrogen (secondary N) is 3. The fourth-order valence-electron chi connectivity index (χ4n) is 4.86. The third kappa shape index (κ3) is 9.74. The molecule has 13 heteroatoms. The van der Waals surface area contributed by atoms with Crippen LogP contribution in [0, 0.1) is 5.92 Å². The van der Waals surface area contributed by atoms with E-state index in [1.165, 1.54) is 19.2 Å². The van der Waals surface area contributed by atoms with Crippen molar-refractivity contribution in [1.82, 2.24) is 16.0 Å². The van der Waals surface area contributed by atoms with Gasteiger partial charge in [-0.3, -0.25) is 14.4 Å². The van der Waals surface area contributed by atoms with Gasteiger partial charge >= 0.3 is 5.97 Å². The van der Waals surface area contributed by atoms with Crippen molar-refractivity contribution in [3.63, 3.8) is 0 Å². The van der Waals surface area contributed by atoms with Crippen LogP contribution in [0.2, 0.25) is 0 Å². The summed E-state index contributed by atoms with van der Waals surface area (Å²) in [4.78, 5) is 51.5. The lowest BCUT2D eigenvalue weighted by atomic mass is 10.0. The predicted octanol–water partition coefficient (Wildman–Crippen LogP) is -0.701. The normalized spacial score (nSPS) is 21.6. The number of aliphatic hydroxyl groups is 2. The van der Waals surface area contributed by atoms with Crippen molar-refractivity contribution in [3.8, 4) is 5.75 Å². The van der Waals surface area contributed by atoms with Crippen molar-refractivity contribution < 1.29 is 44.0 Å². The molecule has 0 radical (unpaired) electrons. The zero-order valence-electron chi connectivity index (χ0n) is 25.0. The van der Waals surface area contributed by atoms with Gasteiger partial charge in [0.25, 0.3) is 5.91 Å². The molecule has 8 N–H and O–H groups in total. The van der Waals surface area contributed by atoms with Gasteiger partial charge in [0.05, 0.1) is 13.2 Å². The third-order valence-electron chi connectivity index (χ3n) is 7.25. The number of hydrogen-bond acceptors (Lipinski definition) is 10. The minimum absolute atomic E-state index is 0.0601. The highest BCUT2D eigenvalue weighted by Crippen LogP contribution is 2.22. The molecular weight excluding hydrogens is 572 g/mol. The monoisotopic (exact) mass is 614 g/mol. The number of rotatable bonds is 14. The summed E-state index contributed by atoms with van der Waals surface area (Å²) in [6.07, 6.45) is -5.28. The first kappa shape index (κ1) is 34.5. The third-order valence-corrected chi connectivity index (χ3v) is 7.25. The molecule has 1 saturated heterocycles. The molecule has 0 saturated carbocycles. The Morgan fingerprint density at radius 1 is 0.886 bits per heavy atom. The highest BCUT2D eigenvalue weighted by Gasteiger charge is 2.47. The molecule has 0 bridgehead atoms. The largest absolute Gasteiger partial charge is 0.508 e. The second-order valence-electron chi connectivity index (χ2n) is 11.3. The Labute approximate surface area is 256 Å². The van der Waals surface area contributed by atoms with E-state index in [2.05, 4.69) is 16.0 Å². The van der Waals surface area contributed by atoms with E-state index in [1.807, 2.05) is 13.8 Å². The van der Waals surface area contributed by atoms with Gasteiger partial charge in [-0.2, -0.15) is 0 Å². The summed E-state index contributed by atoms with van der Waals surface area (Å²) in [5.74, 6) is -2.52. The van der Waals surface area contributed by atoms with Crippen molar-refractivity contribution in [2.24, 2.45) is 11.7 Å². The minimum atomic E-state index is -1.65. The molecule has 1 heterocycles. The molecule has 0 aliphatic carbocycles. The van der Waals surface area contributed by atoms with Crippen molar-refractivity contribution in [1.29, 1.82) is 0 Å². The van der Waals surface area contributed by atoms with Crippen molar-refractivity contribution in [3.05, 3.63) is 65.7 Å². The topological polar surface area (TPSA) is 210 Å². The van der Waals surface area contributed by atoms with Crippen molar-refractivity contribution in [2.45, 2.75) is 75.7 Å². The van der Waals surface area contributed by atoms with Gasteiger partial charge < -0.3 is 46.5 Å². The molecule has 3 rings (SSSR count). The number of ether oxygens (including phenoxy) is 2. The fraction of sp³-hybridized carbons (Fsp3) is 0.484. The van der Waals surface area contributed by atoms with Crippen LogP contribution in [0.25, 0.3) is 0 Å². The Morgan fingerprint density at radius 2 is 1.52 bits per heavy atom. The maximum Gasteiger partial charge on any atom is 0.328 e. The Bertz CT molecular complexity index is 1260. The number of amides is 3. The van der Waals surface area contributed by atoms with Gasteiger partial charge in [0.2, 0.25) is 11.8 Å². The average molecular weight is 615 g/mol. The molecule has 1 aliphatic rings. The number of phenolic OH excluding ortho intramolecular Hbond substituents is 1. The highest BCUT2D eigenvalue weighted by molar-refractivity contribution is 5.92. The van der Waals surface area contributed by atoms with Gasteiger partial charge in [-0.25, -0.2) is 4.79 Å². The molecule has 0 aromatic heterocycles. The maximum atomic E-state index is 13.4. The van der Waals surface area contributed by atoms with Crippen LogP contribution in [-0.4, -0.2) is 95.2 Å². The molecule has 13 nitrogen and oxygen atoms in total. The second kappa shape index (κ2) is 16.1. The van der Waals surface area contributed by atoms with Crippen LogP contribution in [0.4, 0.5) is 0 Å². The number of hydrogen-bond donors (Lipinski definition) is 7. The average Bonchev–Trinajstić information content (AvgIpc) is 3.28. The number of carbonyl (C=O) groups is 4. The first-order valence-corrected chi connectivity index (χ1v) is 14.4. The molecule has 0 spiro atoms. The van der Waals surface area contributed by atoms with E-state index in [1.54, 1.807) is 42.5 Å². The lowest BCUT2D eigenvalue weighted by Gasteiger charge is -2.25. The van der Waals surface area contributed by atoms with Crippen LogP contribution < -0.4 is 21.7 Å². The molecular formula is C31H42N4O9. The quantitative estimate of drug-likeness (QED) is 0.133. The van der Waals surface area contributed by atoms with E-state index in [9.17, 15) is 34.5 Å². The van der Waals surface area contributed by atoms with Crippen molar-refractivity contribution in [2.75, 3.05) is 13.7 Å². The number of aliphatic hydroxyl groups excluding tert-OH is 2. The van der Waals surface area contributed by atoms with Crippen LogP contribution in [-0.2, 0) is 41.5 Å². The molecule has 0 unspecified atom stereocenters. The molecule has 2 aromatic carbocycles. The standard InChI is InChI=1S/C31H42N4O9/c1-17(2)13-23(31(42)43-3)35-29(40)22(15-18-7-5-4-6-8-18)34-30(41)27-26(38)25(37)24(44-27)16-33-28(39)21(32)14-19-9-11-20(36)12-10-19/h4-12,17,21-27,36-38H,13-16,32H2,1-3H3,(H,33,39)(H,34,41)(H,35,40)/t21-,22-,23-,24+,25+,26-,27+/m0/s1. The van der Waals surface area contributed by atoms with Gasteiger partial charge in [-0.1, -0.05) is 56.3 Å². The van der Waals surface area contributed by atoms with Crippen LogP contribution in [0.5, 0.6) is 5.75 Å². The van der Waals surface area contributed by atoms with Gasteiger partial charge in [-0.15, -0.1) is 0 Å². The van der Waals surface area contributed by atoms with E-state index in [0.29, 0.717) is 6.42 Å². The van der Waals surface area contributed by atoms with E-state index in [0.717, 1.165) is 11.1 Å². The lowest BCUT2D eigenvalue weighted by molar-refractivity contribution is -0.146. The fourth-order valence-corrected chi connectivity index (χ4v) is 4.86. The summed E-state index contributed by atoms with van der Waals surface area (Å²) in [6, 6.07) is 12.1. The predicted molar refractivity (Wildman–Crippen MR) is 159 cm³/mol. The summed E-state index contributed by atoms with van der Waals surface area (Å²) < 4.78 is 10.5. The van der Waals surface area contributed by atoms with Crippen LogP contribution >= 0.6 is 0 Å². The van der Waals surface area contributed by atoms with Gasteiger partial charge in [0, 0.05) is 13.0 Å². The summed E-state index contributed by atoms with van der Waals surface area (Å²) in [6.45, 7) is 3.53. The molecule has 1 fully saturated rings. The minimum Gasteiger partial charge on any atom is -0.508 e. The van der Waals surface area contributed by atoms with E-state index < -0.39 is 66.2 Å². The molecule has 2 aromatic rings. The zero-order chi connectivity index (χ0) is 32.4. The maximum absolute atomic E-state index is 13.4. The molecule has 3 amide bonds. The highest BCUT2D eigenvalue weighted by atomic mass is 16.5.